The quantitative estimate of drug-likeness (QED) is 0.523. The standard InChI is InChI=1S/C24H26F3N5S/c25-24(26,27)18-8-4-7-17(13-18)20-22(33-23(31-20)32-11-9-28-10-12-32)21-19(14-29-15-30-21)16-5-2-1-3-6-16/h4,7-8,13-16,28H,1-3,5-6,9-12H2. The van der Waals surface area contributed by atoms with E-state index >= 15 is 0 Å². The van der Waals surface area contributed by atoms with Gasteiger partial charge >= 0.3 is 6.18 Å². The highest BCUT2D eigenvalue weighted by Crippen LogP contribution is 2.45. The smallest absolute Gasteiger partial charge is 0.346 e. The number of benzene rings is 1. The molecule has 2 aliphatic rings. The van der Waals surface area contributed by atoms with Crippen molar-refractivity contribution in [3.05, 3.63) is 47.9 Å². The molecule has 0 atom stereocenters. The predicted molar refractivity (Wildman–Crippen MR) is 124 cm³/mol. The van der Waals surface area contributed by atoms with E-state index in [0.717, 1.165) is 66.4 Å². The summed E-state index contributed by atoms with van der Waals surface area (Å²) in [5.41, 5.74) is 2.25. The van der Waals surface area contributed by atoms with E-state index < -0.39 is 11.7 Å². The summed E-state index contributed by atoms with van der Waals surface area (Å²) in [6, 6.07) is 5.46. The van der Waals surface area contributed by atoms with Gasteiger partial charge in [0.05, 0.1) is 21.8 Å². The Hall–Kier alpha value is -2.52. The molecule has 33 heavy (non-hydrogen) atoms. The van der Waals surface area contributed by atoms with Crippen LogP contribution in [0, 0.1) is 0 Å². The van der Waals surface area contributed by atoms with Crippen LogP contribution in [-0.2, 0) is 6.18 Å². The first-order valence-electron chi connectivity index (χ1n) is 11.4. The third-order valence-corrected chi connectivity index (χ3v) is 7.59. The van der Waals surface area contributed by atoms with Crippen molar-refractivity contribution in [3.63, 3.8) is 0 Å². The number of nitrogens with zero attached hydrogens (tertiary/aromatic N) is 4. The summed E-state index contributed by atoms with van der Waals surface area (Å²) in [6.45, 7) is 3.34. The molecule has 1 aliphatic heterocycles. The van der Waals surface area contributed by atoms with Crippen molar-refractivity contribution >= 4 is 16.5 Å². The summed E-state index contributed by atoms with van der Waals surface area (Å²) in [5.74, 6) is 0.369. The highest BCUT2D eigenvalue weighted by Gasteiger charge is 2.32. The first kappa shape index (κ1) is 22.3. The molecule has 0 bridgehead atoms. The van der Waals surface area contributed by atoms with Crippen molar-refractivity contribution in [2.45, 2.75) is 44.2 Å². The second kappa shape index (κ2) is 9.38. The van der Waals surface area contributed by atoms with Gasteiger partial charge in [-0.2, -0.15) is 13.2 Å². The fourth-order valence-electron chi connectivity index (χ4n) is 4.74. The van der Waals surface area contributed by atoms with Gasteiger partial charge in [0.2, 0.25) is 0 Å². The Labute approximate surface area is 195 Å². The summed E-state index contributed by atoms with van der Waals surface area (Å²) in [7, 11) is 0. The van der Waals surface area contributed by atoms with Crippen molar-refractivity contribution in [1.29, 1.82) is 0 Å². The Morgan fingerprint density at radius 2 is 1.82 bits per heavy atom. The van der Waals surface area contributed by atoms with Crippen LogP contribution in [0.3, 0.4) is 0 Å². The molecule has 1 N–H and O–H groups in total. The molecule has 5 nitrogen and oxygen atoms in total. The number of piperazine rings is 1. The molecule has 0 spiro atoms. The largest absolute Gasteiger partial charge is 0.416 e. The number of nitrogens with one attached hydrogen (secondary N) is 1. The average molecular weight is 474 g/mol. The molecule has 3 aromatic rings. The Morgan fingerprint density at radius 3 is 2.58 bits per heavy atom. The Balaban J connectivity index is 1.64. The maximum atomic E-state index is 13.5. The lowest BCUT2D eigenvalue weighted by Crippen LogP contribution is -2.43. The summed E-state index contributed by atoms with van der Waals surface area (Å²) in [4.78, 5) is 16.8. The van der Waals surface area contributed by atoms with Crippen LogP contribution < -0.4 is 10.2 Å². The van der Waals surface area contributed by atoms with Gasteiger partial charge in [0.15, 0.2) is 5.13 Å². The minimum absolute atomic E-state index is 0.369. The monoisotopic (exact) mass is 473 g/mol. The first-order chi connectivity index (χ1) is 16.0. The third kappa shape index (κ3) is 4.75. The second-order valence-electron chi connectivity index (χ2n) is 8.65. The molecule has 0 radical (unpaired) electrons. The van der Waals surface area contributed by atoms with E-state index in [4.69, 9.17) is 4.98 Å². The van der Waals surface area contributed by atoms with Gasteiger partial charge in [-0.05, 0) is 30.9 Å². The van der Waals surface area contributed by atoms with Crippen LogP contribution in [0.15, 0.2) is 36.8 Å². The molecular formula is C24H26F3N5S. The summed E-state index contributed by atoms with van der Waals surface area (Å²) < 4.78 is 40.4. The number of alkyl halides is 3. The Kier molecular flexibility index (Phi) is 6.34. The number of rotatable bonds is 4. The molecule has 1 aromatic carbocycles. The number of aromatic nitrogens is 3. The van der Waals surface area contributed by atoms with E-state index in [1.165, 1.54) is 49.1 Å². The molecule has 1 saturated carbocycles. The summed E-state index contributed by atoms with van der Waals surface area (Å²) >= 11 is 1.52. The van der Waals surface area contributed by atoms with Gasteiger partial charge in [0.1, 0.15) is 6.33 Å². The fraction of sp³-hybridized carbons (Fsp3) is 0.458. The van der Waals surface area contributed by atoms with Gasteiger partial charge in [-0.3, -0.25) is 0 Å². The number of hydrogen-bond donors (Lipinski definition) is 1. The lowest BCUT2D eigenvalue weighted by Gasteiger charge is -2.26. The van der Waals surface area contributed by atoms with Crippen molar-refractivity contribution in [1.82, 2.24) is 20.3 Å². The van der Waals surface area contributed by atoms with Crippen LogP contribution in [0.2, 0.25) is 0 Å². The van der Waals surface area contributed by atoms with Gasteiger partial charge in [-0.15, -0.1) is 0 Å². The molecular weight excluding hydrogens is 447 g/mol. The zero-order valence-electron chi connectivity index (χ0n) is 18.2. The second-order valence-corrected chi connectivity index (χ2v) is 9.63. The van der Waals surface area contributed by atoms with Crippen LogP contribution in [0.1, 0.15) is 49.1 Å². The van der Waals surface area contributed by atoms with Gasteiger partial charge in [0.25, 0.3) is 0 Å². The number of hydrogen-bond acceptors (Lipinski definition) is 6. The van der Waals surface area contributed by atoms with Crippen molar-refractivity contribution in [2.24, 2.45) is 0 Å². The molecule has 1 aliphatic carbocycles. The Bertz CT molecular complexity index is 1100. The number of halogens is 3. The molecule has 0 unspecified atom stereocenters. The maximum absolute atomic E-state index is 13.5. The highest BCUT2D eigenvalue weighted by atomic mass is 32.1. The molecule has 174 valence electrons. The van der Waals surface area contributed by atoms with Gasteiger partial charge in [0, 0.05) is 43.5 Å². The van der Waals surface area contributed by atoms with Crippen molar-refractivity contribution in [3.8, 4) is 21.8 Å². The van der Waals surface area contributed by atoms with Crippen LogP contribution in [0.5, 0.6) is 0 Å². The van der Waals surface area contributed by atoms with Gasteiger partial charge in [-0.1, -0.05) is 42.7 Å². The van der Waals surface area contributed by atoms with E-state index in [9.17, 15) is 13.2 Å². The average Bonchev–Trinajstić information content (AvgIpc) is 3.30. The molecule has 2 fully saturated rings. The van der Waals surface area contributed by atoms with Crippen LogP contribution in [-0.4, -0.2) is 41.1 Å². The Morgan fingerprint density at radius 1 is 1.03 bits per heavy atom. The van der Waals surface area contributed by atoms with Crippen LogP contribution in [0.25, 0.3) is 21.8 Å². The fourth-order valence-corrected chi connectivity index (χ4v) is 5.90. The van der Waals surface area contributed by atoms with E-state index in [1.54, 1.807) is 6.07 Å². The third-order valence-electron chi connectivity index (χ3n) is 6.47. The lowest BCUT2D eigenvalue weighted by atomic mass is 9.83. The maximum Gasteiger partial charge on any atom is 0.416 e. The SMILES string of the molecule is FC(F)(F)c1cccc(-c2nc(N3CCNCC3)sc2-c2ncncc2C2CCCCC2)c1. The topological polar surface area (TPSA) is 53.9 Å². The predicted octanol–water partition coefficient (Wildman–Crippen LogP) is 5.74. The number of anilines is 1. The summed E-state index contributed by atoms with van der Waals surface area (Å²) in [6.07, 6.45) is 4.77. The molecule has 5 rings (SSSR count). The molecule has 2 aromatic heterocycles. The highest BCUT2D eigenvalue weighted by molar-refractivity contribution is 7.19. The van der Waals surface area contributed by atoms with E-state index in [0.29, 0.717) is 17.2 Å². The minimum Gasteiger partial charge on any atom is -0.346 e. The minimum atomic E-state index is -4.41. The van der Waals surface area contributed by atoms with Crippen molar-refractivity contribution in [2.75, 3.05) is 31.1 Å². The lowest BCUT2D eigenvalue weighted by molar-refractivity contribution is -0.137. The van der Waals surface area contributed by atoms with Gasteiger partial charge < -0.3 is 10.2 Å². The van der Waals surface area contributed by atoms with Gasteiger partial charge in [-0.25, -0.2) is 15.0 Å². The first-order valence-corrected chi connectivity index (χ1v) is 12.3. The summed E-state index contributed by atoms with van der Waals surface area (Å²) in [5, 5.41) is 4.16. The van der Waals surface area contributed by atoms with E-state index in [1.807, 2.05) is 6.20 Å². The van der Waals surface area contributed by atoms with E-state index in [-0.39, 0.29) is 0 Å². The van der Waals surface area contributed by atoms with Crippen LogP contribution in [0.4, 0.5) is 18.3 Å². The normalized spacial score (nSPS) is 18.0. The van der Waals surface area contributed by atoms with E-state index in [2.05, 4.69) is 20.2 Å². The molecule has 1 saturated heterocycles. The molecule has 0 amide bonds. The molecule has 3 heterocycles. The zero-order chi connectivity index (χ0) is 22.8. The zero-order valence-corrected chi connectivity index (χ0v) is 19.1. The van der Waals surface area contributed by atoms with Crippen molar-refractivity contribution < 1.29 is 13.2 Å². The molecule has 9 heteroatoms. The number of thiazole rings is 1. The van der Waals surface area contributed by atoms with Crippen LogP contribution >= 0.6 is 11.3 Å².